The number of hydrogen-bond donors (Lipinski definition) is 1. The first-order valence-electron chi connectivity index (χ1n) is 9.99. The molecule has 4 rings (SSSR count). The maximum absolute atomic E-state index is 13.7. The standard InChI is InChI=1S/C23H22F2N2O3/c1-2-11-30-23(29)19-13-27(22(28)14-3-5-15(24)6-4-14)10-9-18-17-8-7-16(25)12-20(17)26-21(18)19/h3-8,12-13,18,21,26H,2,9-11H2,1H3. The van der Waals surface area contributed by atoms with E-state index in [-0.39, 0.29) is 24.2 Å². The molecule has 156 valence electrons. The Kier molecular flexibility index (Phi) is 5.53. The van der Waals surface area contributed by atoms with Gasteiger partial charge in [-0.2, -0.15) is 0 Å². The molecule has 1 amide bonds. The Bertz CT molecular complexity index is 1000. The van der Waals surface area contributed by atoms with Crippen LogP contribution in [0.4, 0.5) is 14.5 Å². The number of nitrogens with zero attached hydrogens (tertiary/aromatic N) is 1. The lowest BCUT2D eigenvalue weighted by molar-refractivity contribution is -0.139. The van der Waals surface area contributed by atoms with E-state index >= 15 is 0 Å². The Morgan fingerprint density at radius 2 is 1.87 bits per heavy atom. The van der Waals surface area contributed by atoms with Crippen molar-refractivity contribution in [2.45, 2.75) is 31.7 Å². The minimum Gasteiger partial charge on any atom is -0.462 e. The molecule has 2 unspecified atom stereocenters. The third-order valence-electron chi connectivity index (χ3n) is 5.46. The van der Waals surface area contributed by atoms with Gasteiger partial charge in [-0.15, -0.1) is 0 Å². The molecule has 7 heteroatoms. The van der Waals surface area contributed by atoms with Gasteiger partial charge in [-0.05, 0) is 54.8 Å². The highest BCUT2D eigenvalue weighted by atomic mass is 19.1. The Morgan fingerprint density at radius 3 is 2.60 bits per heavy atom. The number of hydrogen-bond acceptors (Lipinski definition) is 4. The summed E-state index contributed by atoms with van der Waals surface area (Å²) in [7, 11) is 0. The van der Waals surface area contributed by atoms with Crippen LogP contribution in [0.25, 0.3) is 0 Å². The normalized spacial score (nSPS) is 19.8. The van der Waals surface area contributed by atoms with Gasteiger partial charge in [0.05, 0.1) is 18.2 Å². The van der Waals surface area contributed by atoms with Gasteiger partial charge in [-0.3, -0.25) is 4.79 Å². The molecule has 2 aromatic rings. The van der Waals surface area contributed by atoms with Crippen LogP contribution in [0, 0.1) is 11.6 Å². The second kappa shape index (κ2) is 8.26. The average molecular weight is 412 g/mol. The summed E-state index contributed by atoms with van der Waals surface area (Å²) < 4.78 is 32.3. The summed E-state index contributed by atoms with van der Waals surface area (Å²) >= 11 is 0. The number of fused-ring (bicyclic) bond motifs is 3. The van der Waals surface area contributed by atoms with Gasteiger partial charge in [0.2, 0.25) is 0 Å². The molecule has 0 radical (unpaired) electrons. The summed E-state index contributed by atoms with van der Waals surface area (Å²) in [5.74, 6) is -1.72. The van der Waals surface area contributed by atoms with Crippen molar-refractivity contribution in [1.82, 2.24) is 4.90 Å². The van der Waals surface area contributed by atoms with Crippen molar-refractivity contribution in [3.05, 3.63) is 77.0 Å². The van der Waals surface area contributed by atoms with E-state index in [1.54, 1.807) is 6.07 Å². The number of halogens is 2. The van der Waals surface area contributed by atoms with Gasteiger partial charge in [0, 0.05) is 29.9 Å². The number of esters is 1. The van der Waals surface area contributed by atoms with Gasteiger partial charge in [0.25, 0.3) is 5.91 Å². The number of ether oxygens (including phenoxy) is 1. The van der Waals surface area contributed by atoms with E-state index in [1.807, 2.05) is 6.92 Å². The highest BCUT2D eigenvalue weighted by Gasteiger charge is 2.40. The molecule has 0 aromatic heterocycles. The van der Waals surface area contributed by atoms with Crippen LogP contribution in [0.5, 0.6) is 0 Å². The molecule has 1 N–H and O–H groups in total. The lowest BCUT2D eigenvalue weighted by Crippen LogP contribution is -2.29. The Morgan fingerprint density at radius 1 is 1.13 bits per heavy atom. The van der Waals surface area contributed by atoms with E-state index in [0.29, 0.717) is 36.2 Å². The zero-order valence-corrected chi connectivity index (χ0v) is 16.5. The fourth-order valence-electron chi connectivity index (χ4n) is 4.01. The van der Waals surface area contributed by atoms with Crippen LogP contribution < -0.4 is 5.32 Å². The minimum absolute atomic E-state index is 0.105. The summed E-state index contributed by atoms with van der Waals surface area (Å²) in [5, 5.41) is 3.23. The maximum atomic E-state index is 13.7. The molecule has 2 atom stereocenters. The first kappa shape index (κ1) is 20.1. The molecule has 0 saturated carbocycles. The third-order valence-corrected chi connectivity index (χ3v) is 5.46. The van der Waals surface area contributed by atoms with Crippen molar-refractivity contribution >= 4 is 17.6 Å². The van der Waals surface area contributed by atoms with Gasteiger partial charge in [0.1, 0.15) is 11.6 Å². The van der Waals surface area contributed by atoms with Gasteiger partial charge in [-0.1, -0.05) is 13.0 Å². The first-order valence-corrected chi connectivity index (χ1v) is 9.99. The van der Waals surface area contributed by atoms with Crippen LogP contribution in [-0.2, 0) is 9.53 Å². The highest BCUT2D eigenvalue weighted by molar-refractivity contribution is 5.97. The quantitative estimate of drug-likeness (QED) is 0.764. The van der Waals surface area contributed by atoms with Crippen molar-refractivity contribution in [2.75, 3.05) is 18.5 Å². The number of anilines is 1. The fraction of sp³-hybridized carbons (Fsp3) is 0.304. The smallest absolute Gasteiger partial charge is 0.337 e. The van der Waals surface area contributed by atoms with Crippen molar-refractivity contribution < 1.29 is 23.1 Å². The SMILES string of the molecule is CCCOC(=O)C1=CN(C(=O)c2ccc(F)cc2)CCC2c3ccc(F)cc3NC12. The van der Waals surface area contributed by atoms with Crippen LogP contribution in [0.15, 0.2) is 54.2 Å². The number of nitrogens with one attached hydrogen (secondary N) is 1. The molecule has 0 spiro atoms. The summed E-state index contributed by atoms with van der Waals surface area (Å²) in [6.45, 7) is 2.52. The van der Waals surface area contributed by atoms with E-state index in [2.05, 4.69) is 5.32 Å². The summed E-state index contributed by atoms with van der Waals surface area (Å²) in [4.78, 5) is 27.3. The topological polar surface area (TPSA) is 58.6 Å². The van der Waals surface area contributed by atoms with Gasteiger partial charge < -0.3 is 15.0 Å². The molecule has 0 bridgehead atoms. The third kappa shape index (κ3) is 3.79. The summed E-state index contributed by atoms with van der Waals surface area (Å²) in [6, 6.07) is 9.41. The van der Waals surface area contributed by atoms with Crippen LogP contribution in [-0.4, -0.2) is 36.0 Å². The molecule has 2 aliphatic heterocycles. The molecular weight excluding hydrogens is 390 g/mol. The zero-order chi connectivity index (χ0) is 21.3. The molecular formula is C23H22F2N2O3. The van der Waals surface area contributed by atoms with Gasteiger partial charge >= 0.3 is 5.97 Å². The number of carbonyl (C=O) groups is 2. The zero-order valence-electron chi connectivity index (χ0n) is 16.5. The predicted molar refractivity (Wildman–Crippen MR) is 108 cm³/mol. The Balaban J connectivity index is 1.68. The van der Waals surface area contributed by atoms with Gasteiger partial charge in [-0.25, -0.2) is 13.6 Å². The largest absolute Gasteiger partial charge is 0.462 e. The highest BCUT2D eigenvalue weighted by Crippen LogP contribution is 2.43. The van der Waals surface area contributed by atoms with E-state index in [1.165, 1.54) is 47.5 Å². The molecule has 0 aliphatic carbocycles. The van der Waals surface area contributed by atoms with Crippen molar-refractivity contribution in [1.29, 1.82) is 0 Å². The number of rotatable bonds is 4. The summed E-state index contributed by atoms with van der Waals surface area (Å²) in [6.07, 6.45) is 2.76. The van der Waals surface area contributed by atoms with E-state index < -0.39 is 17.8 Å². The number of benzene rings is 2. The molecule has 30 heavy (non-hydrogen) atoms. The lowest BCUT2D eigenvalue weighted by Gasteiger charge is -2.19. The maximum Gasteiger partial charge on any atom is 0.337 e. The predicted octanol–water partition coefficient (Wildman–Crippen LogP) is 4.23. The Hall–Kier alpha value is -3.22. The van der Waals surface area contributed by atoms with Crippen LogP contribution in [0.2, 0.25) is 0 Å². The van der Waals surface area contributed by atoms with Gasteiger partial charge in [0.15, 0.2) is 0 Å². The van der Waals surface area contributed by atoms with Crippen molar-refractivity contribution in [3.63, 3.8) is 0 Å². The monoisotopic (exact) mass is 412 g/mol. The summed E-state index contributed by atoms with van der Waals surface area (Å²) in [5.41, 5.74) is 2.21. The number of amides is 1. The second-order valence-electron chi connectivity index (χ2n) is 7.47. The molecule has 0 fully saturated rings. The molecule has 2 heterocycles. The Labute approximate surface area is 173 Å². The second-order valence-corrected chi connectivity index (χ2v) is 7.47. The number of carbonyl (C=O) groups excluding carboxylic acids is 2. The van der Waals surface area contributed by atoms with Crippen molar-refractivity contribution in [2.24, 2.45) is 0 Å². The lowest BCUT2D eigenvalue weighted by atomic mass is 9.89. The van der Waals surface area contributed by atoms with Crippen LogP contribution in [0.3, 0.4) is 0 Å². The molecule has 2 aromatic carbocycles. The molecule has 2 aliphatic rings. The van der Waals surface area contributed by atoms with Crippen molar-refractivity contribution in [3.8, 4) is 0 Å². The van der Waals surface area contributed by atoms with E-state index in [0.717, 1.165) is 5.56 Å². The van der Waals surface area contributed by atoms with Crippen LogP contribution in [0.1, 0.15) is 41.6 Å². The fourth-order valence-corrected chi connectivity index (χ4v) is 4.01. The first-order chi connectivity index (χ1) is 14.5. The average Bonchev–Trinajstić information content (AvgIpc) is 2.98. The minimum atomic E-state index is -0.508. The van der Waals surface area contributed by atoms with E-state index in [4.69, 9.17) is 4.74 Å². The van der Waals surface area contributed by atoms with Crippen LogP contribution >= 0.6 is 0 Å². The molecule has 0 saturated heterocycles. The molecule has 5 nitrogen and oxygen atoms in total. The van der Waals surface area contributed by atoms with E-state index in [9.17, 15) is 18.4 Å².